The topological polar surface area (TPSA) is 114 Å². The molecule has 0 aliphatic rings. The van der Waals surface area contributed by atoms with Crippen LogP contribution in [-0.4, -0.2) is 34.5 Å². The highest BCUT2D eigenvalue weighted by atomic mass is 32.2. The number of aryl methyl sites for hydroxylation is 1. The van der Waals surface area contributed by atoms with Gasteiger partial charge in [0.15, 0.2) is 0 Å². The maximum Gasteiger partial charge on any atom is 0.335 e. The molecule has 0 aliphatic heterocycles. The summed E-state index contributed by atoms with van der Waals surface area (Å²) in [5.74, 6) is -1.28. The second kappa shape index (κ2) is 6.67. The average Bonchev–Trinajstić information content (AvgIpc) is 2.93. The van der Waals surface area contributed by atoms with Crippen LogP contribution in [0.25, 0.3) is 0 Å². The van der Waals surface area contributed by atoms with Crippen LogP contribution in [0, 0.1) is 0 Å². The average molecular weight is 324 g/mol. The number of hydrogen-bond acceptors (Lipinski definition) is 5. The Morgan fingerprint density at radius 2 is 2.00 bits per heavy atom. The zero-order valence-electron chi connectivity index (χ0n) is 11.9. The van der Waals surface area contributed by atoms with Gasteiger partial charge in [-0.2, -0.15) is 15.0 Å². The molecule has 0 saturated heterocycles. The molecule has 22 heavy (non-hydrogen) atoms. The third-order valence-electron chi connectivity index (χ3n) is 2.90. The predicted octanol–water partition coefficient (Wildman–Crippen LogP) is 0.616. The number of benzene rings is 1. The number of carboxylic acids is 1. The van der Waals surface area contributed by atoms with Crippen molar-refractivity contribution < 1.29 is 18.3 Å². The van der Waals surface area contributed by atoms with Gasteiger partial charge < -0.3 is 5.11 Å². The van der Waals surface area contributed by atoms with Crippen molar-refractivity contribution in [1.82, 2.24) is 19.7 Å². The first-order chi connectivity index (χ1) is 10.4. The largest absolute Gasteiger partial charge is 0.478 e. The Morgan fingerprint density at radius 1 is 1.32 bits per heavy atom. The van der Waals surface area contributed by atoms with E-state index in [0.29, 0.717) is 17.8 Å². The molecule has 9 heteroatoms. The zero-order chi connectivity index (χ0) is 16.2. The van der Waals surface area contributed by atoms with Crippen molar-refractivity contribution in [2.75, 3.05) is 0 Å². The molecule has 0 fully saturated rings. The van der Waals surface area contributed by atoms with E-state index in [4.69, 9.17) is 5.11 Å². The Bertz CT molecular complexity index is 753. The van der Waals surface area contributed by atoms with E-state index in [9.17, 15) is 13.2 Å². The molecule has 0 aliphatic carbocycles. The maximum atomic E-state index is 12.0. The number of aromatic carboxylic acids is 1. The van der Waals surface area contributed by atoms with E-state index in [1.54, 1.807) is 0 Å². The van der Waals surface area contributed by atoms with Gasteiger partial charge in [0.05, 0.1) is 36.3 Å². The number of hydrogen-bond donors (Lipinski definition) is 2. The lowest BCUT2D eigenvalue weighted by Gasteiger charge is -2.05. The summed E-state index contributed by atoms with van der Waals surface area (Å²) in [6.45, 7) is 2.56. The molecular weight excluding hydrogens is 308 g/mol. The third-order valence-corrected chi connectivity index (χ3v) is 4.20. The summed E-state index contributed by atoms with van der Waals surface area (Å²) in [6, 6.07) is 5.71. The van der Waals surface area contributed by atoms with Crippen LogP contribution in [0.2, 0.25) is 0 Å². The molecule has 8 nitrogen and oxygen atoms in total. The van der Waals surface area contributed by atoms with Gasteiger partial charge in [0, 0.05) is 0 Å². The van der Waals surface area contributed by atoms with Crippen LogP contribution < -0.4 is 4.72 Å². The number of aromatic nitrogens is 3. The lowest BCUT2D eigenvalue weighted by molar-refractivity contribution is 0.0697. The molecule has 0 unspecified atom stereocenters. The maximum absolute atomic E-state index is 12.0. The fourth-order valence-electron chi connectivity index (χ4n) is 1.76. The lowest BCUT2D eigenvalue weighted by atomic mass is 10.1. The van der Waals surface area contributed by atoms with E-state index >= 15 is 0 Å². The highest BCUT2D eigenvalue weighted by Crippen LogP contribution is 2.08. The molecular formula is C13H16N4O4S. The minimum absolute atomic E-state index is 0.0650. The molecule has 0 bridgehead atoms. The molecule has 0 radical (unpaired) electrons. The molecule has 0 atom stereocenters. The Kier molecular flexibility index (Phi) is 4.88. The van der Waals surface area contributed by atoms with Crippen LogP contribution >= 0.6 is 0 Å². The molecule has 2 N–H and O–H groups in total. The summed E-state index contributed by atoms with van der Waals surface area (Å²) in [5.41, 5.74) is 1.16. The van der Waals surface area contributed by atoms with Crippen LogP contribution in [0.1, 0.15) is 28.5 Å². The highest BCUT2D eigenvalue weighted by molar-refractivity contribution is 7.88. The molecule has 1 aromatic heterocycles. The fraction of sp³-hybridized carbons (Fsp3) is 0.308. The van der Waals surface area contributed by atoms with Gasteiger partial charge in [0.1, 0.15) is 0 Å². The molecule has 0 amide bonds. The molecule has 118 valence electrons. The quantitative estimate of drug-likeness (QED) is 0.771. The third kappa shape index (κ3) is 4.37. The predicted molar refractivity (Wildman–Crippen MR) is 78.6 cm³/mol. The second-order valence-electron chi connectivity index (χ2n) is 4.61. The van der Waals surface area contributed by atoms with Crippen molar-refractivity contribution in [2.24, 2.45) is 0 Å². The Morgan fingerprint density at radius 3 is 2.55 bits per heavy atom. The van der Waals surface area contributed by atoms with Gasteiger partial charge in [-0.1, -0.05) is 12.1 Å². The van der Waals surface area contributed by atoms with E-state index in [1.165, 1.54) is 35.3 Å². The number of rotatable bonds is 7. The van der Waals surface area contributed by atoms with Crippen molar-refractivity contribution in [1.29, 1.82) is 0 Å². The Labute approximate surface area is 127 Å². The zero-order valence-corrected chi connectivity index (χ0v) is 12.7. The minimum Gasteiger partial charge on any atom is -0.478 e. The standard InChI is InChI=1S/C13H16N4O4S/c1-2-17-14-7-12(16-17)8-15-22(20,21)9-10-3-5-11(6-4-10)13(18)19/h3-7,15H,2,8-9H2,1H3,(H,18,19). The van der Waals surface area contributed by atoms with Crippen molar-refractivity contribution in [2.45, 2.75) is 25.8 Å². The normalized spacial score (nSPS) is 11.5. The van der Waals surface area contributed by atoms with Crippen molar-refractivity contribution in [3.05, 3.63) is 47.3 Å². The second-order valence-corrected chi connectivity index (χ2v) is 6.41. The molecule has 0 spiro atoms. The van der Waals surface area contributed by atoms with Gasteiger partial charge in [-0.05, 0) is 24.6 Å². The number of nitrogens with one attached hydrogen (secondary N) is 1. The molecule has 2 aromatic rings. The van der Waals surface area contributed by atoms with Crippen molar-refractivity contribution >= 4 is 16.0 Å². The Balaban J connectivity index is 1.96. The van der Waals surface area contributed by atoms with E-state index in [2.05, 4.69) is 14.9 Å². The summed E-state index contributed by atoms with van der Waals surface area (Å²) < 4.78 is 26.4. The number of nitrogens with zero attached hydrogens (tertiary/aromatic N) is 3. The van der Waals surface area contributed by atoms with Crippen molar-refractivity contribution in [3.63, 3.8) is 0 Å². The van der Waals surface area contributed by atoms with Gasteiger partial charge in [-0.3, -0.25) is 0 Å². The van der Waals surface area contributed by atoms with Crippen LogP contribution in [0.4, 0.5) is 0 Å². The number of carboxylic acid groups (broad SMARTS) is 1. The first-order valence-corrected chi connectivity index (χ1v) is 8.23. The first kappa shape index (κ1) is 16.1. The van der Waals surface area contributed by atoms with Gasteiger partial charge >= 0.3 is 5.97 Å². The summed E-state index contributed by atoms with van der Waals surface area (Å²) in [4.78, 5) is 12.2. The summed E-state index contributed by atoms with van der Waals surface area (Å²) >= 11 is 0. The summed E-state index contributed by atoms with van der Waals surface area (Å²) in [5, 5.41) is 16.8. The molecule has 1 aromatic carbocycles. The van der Waals surface area contributed by atoms with Gasteiger partial charge in [0.2, 0.25) is 10.0 Å². The molecule has 2 rings (SSSR count). The van der Waals surface area contributed by atoms with Gasteiger partial charge in [-0.25, -0.2) is 17.9 Å². The molecule has 1 heterocycles. The highest BCUT2D eigenvalue weighted by Gasteiger charge is 2.13. The lowest BCUT2D eigenvalue weighted by Crippen LogP contribution is -2.25. The molecule has 0 saturated carbocycles. The summed E-state index contributed by atoms with van der Waals surface area (Å²) in [6.07, 6.45) is 1.51. The monoisotopic (exact) mass is 324 g/mol. The summed E-state index contributed by atoms with van der Waals surface area (Å²) in [7, 11) is -3.54. The van der Waals surface area contributed by atoms with Gasteiger partial charge in [0.25, 0.3) is 0 Å². The van der Waals surface area contributed by atoms with E-state index in [1.807, 2.05) is 6.92 Å². The Hall–Kier alpha value is -2.26. The van der Waals surface area contributed by atoms with Crippen LogP contribution in [0.5, 0.6) is 0 Å². The van der Waals surface area contributed by atoms with Crippen LogP contribution in [-0.2, 0) is 28.9 Å². The first-order valence-electron chi connectivity index (χ1n) is 6.58. The smallest absolute Gasteiger partial charge is 0.335 e. The van der Waals surface area contributed by atoms with E-state index in [0.717, 1.165) is 0 Å². The van der Waals surface area contributed by atoms with E-state index < -0.39 is 16.0 Å². The van der Waals surface area contributed by atoms with Gasteiger partial charge in [-0.15, -0.1) is 0 Å². The number of sulfonamides is 1. The fourth-order valence-corrected chi connectivity index (χ4v) is 2.87. The van der Waals surface area contributed by atoms with E-state index in [-0.39, 0.29) is 17.9 Å². The number of carbonyl (C=O) groups is 1. The van der Waals surface area contributed by atoms with Crippen molar-refractivity contribution in [3.8, 4) is 0 Å². The minimum atomic E-state index is -3.54. The van der Waals surface area contributed by atoms with Crippen LogP contribution in [0.15, 0.2) is 30.5 Å². The SMILES string of the molecule is CCn1ncc(CNS(=O)(=O)Cc2ccc(C(=O)O)cc2)n1. The van der Waals surface area contributed by atoms with Crippen LogP contribution in [0.3, 0.4) is 0 Å².